The third-order valence-corrected chi connectivity index (χ3v) is 5.50. The molecule has 1 aliphatic carbocycles. The van der Waals surface area contributed by atoms with E-state index in [1.807, 2.05) is 36.5 Å². The Hall–Kier alpha value is -1.62. The number of halogens is 1. The van der Waals surface area contributed by atoms with E-state index < -0.39 is 0 Å². The van der Waals surface area contributed by atoms with Crippen molar-refractivity contribution in [2.75, 3.05) is 19.6 Å². The Kier molecular flexibility index (Phi) is 5.20. The van der Waals surface area contributed by atoms with Crippen molar-refractivity contribution in [2.24, 2.45) is 0 Å². The van der Waals surface area contributed by atoms with Crippen LogP contribution in [-0.2, 0) is 0 Å². The standard InChI is InChI=1S/C20H24ClN3O/c21-16-6-8-18(9-7-16)25-20-10-5-15(13-23-20)19-14-24(12-11-22-19)17-3-1-2-4-17/h5-10,13,17,19,22H,1-4,11-12,14H2. The molecular weight excluding hydrogens is 334 g/mol. The third kappa shape index (κ3) is 4.14. The van der Waals surface area contributed by atoms with Gasteiger partial charge in [-0.15, -0.1) is 0 Å². The number of rotatable bonds is 4. The lowest BCUT2D eigenvalue weighted by Gasteiger charge is -2.37. The minimum atomic E-state index is 0.353. The molecule has 1 atom stereocenters. The number of benzene rings is 1. The van der Waals surface area contributed by atoms with Crippen LogP contribution in [0.25, 0.3) is 0 Å². The number of hydrogen-bond donors (Lipinski definition) is 1. The molecule has 0 spiro atoms. The first-order valence-corrected chi connectivity index (χ1v) is 9.52. The lowest BCUT2D eigenvalue weighted by Crippen LogP contribution is -2.49. The fourth-order valence-corrected chi connectivity index (χ4v) is 4.00. The summed E-state index contributed by atoms with van der Waals surface area (Å²) in [6.07, 6.45) is 7.42. The molecule has 1 aromatic heterocycles. The van der Waals surface area contributed by atoms with Crippen LogP contribution in [0.3, 0.4) is 0 Å². The van der Waals surface area contributed by atoms with E-state index in [9.17, 15) is 0 Å². The normalized spacial score (nSPS) is 22.2. The van der Waals surface area contributed by atoms with Crippen LogP contribution in [-0.4, -0.2) is 35.6 Å². The maximum atomic E-state index is 5.90. The van der Waals surface area contributed by atoms with Gasteiger partial charge in [0.2, 0.25) is 5.88 Å². The molecular formula is C20H24ClN3O. The average Bonchev–Trinajstić information content (AvgIpc) is 3.19. The quantitative estimate of drug-likeness (QED) is 0.879. The number of piperazine rings is 1. The summed E-state index contributed by atoms with van der Waals surface area (Å²) in [6.45, 7) is 3.28. The Morgan fingerprint density at radius 3 is 2.60 bits per heavy atom. The van der Waals surface area contributed by atoms with E-state index in [-0.39, 0.29) is 0 Å². The summed E-state index contributed by atoms with van der Waals surface area (Å²) in [4.78, 5) is 7.14. The van der Waals surface area contributed by atoms with Gasteiger partial charge in [0.15, 0.2) is 0 Å². The van der Waals surface area contributed by atoms with Crippen LogP contribution in [0.15, 0.2) is 42.6 Å². The highest BCUT2D eigenvalue weighted by Crippen LogP contribution is 2.28. The first kappa shape index (κ1) is 16.8. The minimum absolute atomic E-state index is 0.353. The molecule has 1 aliphatic heterocycles. The van der Waals surface area contributed by atoms with E-state index >= 15 is 0 Å². The minimum Gasteiger partial charge on any atom is -0.439 e. The van der Waals surface area contributed by atoms with Crippen LogP contribution in [0.4, 0.5) is 0 Å². The van der Waals surface area contributed by atoms with Gasteiger partial charge in [0, 0.05) is 49.0 Å². The van der Waals surface area contributed by atoms with Crippen LogP contribution in [0.1, 0.15) is 37.3 Å². The maximum absolute atomic E-state index is 5.90. The van der Waals surface area contributed by atoms with Crippen molar-refractivity contribution in [1.29, 1.82) is 0 Å². The Morgan fingerprint density at radius 2 is 1.88 bits per heavy atom. The lowest BCUT2D eigenvalue weighted by molar-refractivity contribution is 0.145. The van der Waals surface area contributed by atoms with Crippen molar-refractivity contribution in [1.82, 2.24) is 15.2 Å². The van der Waals surface area contributed by atoms with Crippen LogP contribution in [0.5, 0.6) is 11.6 Å². The number of ether oxygens (including phenoxy) is 1. The summed E-state index contributed by atoms with van der Waals surface area (Å²) < 4.78 is 5.78. The van der Waals surface area contributed by atoms with Gasteiger partial charge in [-0.05, 0) is 42.7 Å². The van der Waals surface area contributed by atoms with Gasteiger partial charge in [0.25, 0.3) is 0 Å². The summed E-state index contributed by atoms with van der Waals surface area (Å²) in [6, 6.07) is 12.5. The second-order valence-electron chi connectivity index (χ2n) is 6.93. The van der Waals surface area contributed by atoms with Crippen molar-refractivity contribution < 1.29 is 4.74 Å². The van der Waals surface area contributed by atoms with E-state index in [2.05, 4.69) is 21.3 Å². The first-order chi connectivity index (χ1) is 12.3. The molecule has 4 rings (SSSR count). The highest BCUT2D eigenvalue weighted by molar-refractivity contribution is 6.30. The first-order valence-electron chi connectivity index (χ1n) is 9.15. The summed E-state index contributed by atoms with van der Waals surface area (Å²) >= 11 is 5.90. The van der Waals surface area contributed by atoms with Gasteiger partial charge in [-0.2, -0.15) is 0 Å². The van der Waals surface area contributed by atoms with Gasteiger partial charge in [-0.3, -0.25) is 4.90 Å². The number of hydrogen-bond acceptors (Lipinski definition) is 4. The van der Waals surface area contributed by atoms with Gasteiger partial charge in [0.05, 0.1) is 0 Å². The van der Waals surface area contributed by atoms with E-state index in [0.29, 0.717) is 16.9 Å². The molecule has 1 unspecified atom stereocenters. The summed E-state index contributed by atoms with van der Waals surface area (Å²) in [5.74, 6) is 1.35. The maximum Gasteiger partial charge on any atom is 0.219 e. The zero-order chi connectivity index (χ0) is 17.1. The van der Waals surface area contributed by atoms with Crippen LogP contribution in [0, 0.1) is 0 Å². The Balaban J connectivity index is 1.40. The van der Waals surface area contributed by atoms with E-state index in [1.165, 1.54) is 31.2 Å². The molecule has 1 N–H and O–H groups in total. The summed E-state index contributed by atoms with van der Waals surface area (Å²) in [5.41, 5.74) is 1.23. The highest BCUT2D eigenvalue weighted by Gasteiger charge is 2.28. The molecule has 1 aromatic carbocycles. The van der Waals surface area contributed by atoms with Gasteiger partial charge in [0.1, 0.15) is 5.75 Å². The smallest absolute Gasteiger partial charge is 0.219 e. The third-order valence-electron chi connectivity index (χ3n) is 5.25. The molecule has 4 nitrogen and oxygen atoms in total. The molecule has 0 amide bonds. The van der Waals surface area contributed by atoms with Crippen molar-refractivity contribution in [2.45, 2.75) is 37.8 Å². The van der Waals surface area contributed by atoms with Gasteiger partial charge < -0.3 is 10.1 Å². The molecule has 2 heterocycles. The lowest BCUT2D eigenvalue weighted by atomic mass is 10.0. The second kappa shape index (κ2) is 7.73. The number of aromatic nitrogens is 1. The summed E-state index contributed by atoms with van der Waals surface area (Å²) in [5, 5.41) is 4.33. The zero-order valence-electron chi connectivity index (χ0n) is 14.3. The predicted octanol–water partition coefficient (Wildman–Crippen LogP) is 4.42. The molecule has 2 aromatic rings. The molecule has 25 heavy (non-hydrogen) atoms. The monoisotopic (exact) mass is 357 g/mol. The topological polar surface area (TPSA) is 37.4 Å². The number of pyridine rings is 1. The Bertz CT molecular complexity index is 683. The van der Waals surface area contributed by atoms with Crippen molar-refractivity contribution >= 4 is 11.6 Å². The van der Waals surface area contributed by atoms with Crippen molar-refractivity contribution in [3.63, 3.8) is 0 Å². The van der Waals surface area contributed by atoms with E-state index in [1.54, 1.807) is 0 Å². The second-order valence-corrected chi connectivity index (χ2v) is 7.36. The Morgan fingerprint density at radius 1 is 1.08 bits per heavy atom. The van der Waals surface area contributed by atoms with E-state index in [4.69, 9.17) is 16.3 Å². The van der Waals surface area contributed by atoms with Crippen LogP contribution < -0.4 is 10.1 Å². The predicted molar refractivity (Wildman–Crippen MR) is 100 cm³/mol. The molecule has 5 heteroatoms. The largest absolute Gasteiger partial charge is 0.439 e. The average molecular weight is 358 g/mol. The van der Waals surface area contributed by atoms with Crippen molar-refractivity contribution in [3.05, 3.63) is 53.2 Å². The number of nitrogens with one attached hydrogen (secondary N) is 1. The summed E-state index contributed by atoms with van der Waals surface area (Å²) in [7, 11) is 0. The fraction of sp³-hybridized carbons (Fsp3) is 0.450. The molecule has 2 fully saturated rings. The Labute approximate surface area is 154 Å². The van der Waals surface area contributed by atoms with Gasteiger partial charge in [-0.1, -0.05) is 30.5 Å². The van der Waals surface area contributed by atoms with E-state index in [0.717, 1.165) is 31.4 Å². The van der Waals surface area contributed by atoms with Gasteiger partial charge >= 0.3 is 0 Å². The SMILES string of the molecule is Clc1ccc(Oc2ccc(C3CN(C4CCCC4)CCN3)cn2)cc1. The molecule has 2 aliphatic rings. The van der Waals surface area contributed by atoms with Crippen LogP contribution >= 0.6 is 11.6 Å². The van der Waals surface area contributed by atoms with Crippen LogP contribution in [0.2, 0.25) is 5.02 Å². The zero-order valence-corrected chi connectivity index (χ0v) is 15.1. The number of nitrogens with zero attached hydrogens (tertiary/aromatic N) is 2. The molecule has 1 saturated heterocycles. The highest BCUT2D eigenvalue weighted by atomic mass is 35.5. The molecule has 0 bridgehead atoms. The molecule has 1 saturated carbocycles. The van der Waals surface area contributed by atoms with Gasteiger partial charge in [-0.25, -0.2) is 4.98 Å². The molecule has 132 valence electrons. The molecule has 0 radical (unpaired) electrons. The van der Waals surface area contributed by atoms with Crippen molar-refractivity contribution in [3.8, 4) is 11.6 Å². The fourth-order valence-electron chi connectivity index (χ4n) is 3.88.